The molecule has 0 aliphatic heterocycles. The van der Waals surface area contributed by atoms with Crippen molar-refractivity contribution in [2.75, 3.05) is 0 Å². The fraction of sp³-hybridized carbons (Fsp3) is 0.158. The van der Waals surface area contributed by atoms with Gasteiger partial charge in [-0.15, -0.1) is 0 Å². The van der Waals surface area contributed by atoms with Crippen molar-refractivity contribution in [3.63, 3.8) is 0 Å². The summed E-state index contributed by atoms with van der Waals surface area (Å²) in [5, 5.41) is 8.06. The quantitative estimate of drug-likeness (QED) is 0.218. The second-order valence-electron chi connectivity index (χ2n) is 11.3. The predicted octanol–water partition coefficient (Wildman–Crippen LogP) is 10.4. The molecule has 2 nitrogen and oxygen atoms in total. The molecule has 40 heavy (non-hydrogen) atoms. The average molecular weight is 515 g/mol. The lowest BCUT2D eigenvalue weighted by atomic mass is 9.81. The minimum absolute atomic E-state index is 0.690. The Balaban J connectivity index is 1.38. The standard InChI is InChI=1S/C38H30N2/c1-2-6-25(7-3-1)32-20-28-14-16-33-35(27-12-10-26(11-13-27)30-8-4-18-39-23-30)22-36(31-9-5-19-40-24-31)34-17-15-29(21-32)37(28)38(33)34/h4-5,8-25H,1-3,6-7H2. The van der Waals surface area contributed by atoms with Gasteiger partial charge >= 0.3 is 0 Å². The van der Waals surface area contributed by atoms with Gasteiger partial charge in [0.05, 0.1) is 0 Å². The molecule has 5 aromatic carbocycles. The monoisotopic (exact) mass is 514 g/mol. The molecular weight excluding hydrogens is 484 g/mol. The Bertz CT molecular complexity index is 1930. The summed E-state index contributed by atoms with van der Waals surface area (Å²) in [6.07, 6.45) is 14.3. The van der Waals surface area contributed by atoms with Crippen molar-refractivity contribution in [1.29, 1.82) is 0 Å². The third-order valence-corrected chi connectivity index (χ3v) is 8.98. The number of aromatic nitrogens is 2. The summed E-state index contributed by atoms with van der Waals surface area (Å²) in [6, 6.07) is 34.0. The van der Waals surface area contributed by atoms with Gasteiger partial charge in [-0.2, -0.15) is 0 Å². The van der Waals surface area contributed by atoms with Crippen LogP contribution in [0.1, 0.15) is 43.6 Å². The molecule has 0 bridgehead atoms. The lowest BCUT2D eigenvalue weighted by molar-refractivity contribution is 0.444. The molecule has 0 amide bonds. The van der Waals surface area contributed by atoms with E-state index in [4.69, 9.17) is 0 Å². The Morgan fingerprint density at radius 1 is 0.500 bits per heavy atom. The molecule has 8 rings (SSSR count). The topological polar surface area (TPSA) is 25.8 Å². The van der Waals surface area contributed by atoms with Crippen molar-refractivity contribution in [2.45, 2.75) is 38.0 Å². The minimum atomic E-state index is 0.690. The molecule has 0 radical (unpaired) electrons. The Hall–Kier alpha value is -4.56. The highest BCUT2D eigenvalue weighted by Gasteiger charge is 2.20. The first-order valence-electron chi connectivity index (χ1n) is 14.5. The first-order valence-corrected chi connectivity index (χ1v) is 14.5. The van der Waals surface area contributed by atoms with Gasteiger partial charge in [0.25, 0.3) is 0 Å². The number of hydrogen-bond donors (Lipinski definition) is 0. The molecule has 1 fully saturated rings. The summed E-state index contributed by atoms with van der Waals surface area (Å²) in [7, 11) is 0. The number of rotatable bonds is 4. The zero-order valence-electron chi connectivity index (χ0n) is 22.5. The van der Waals surface area contributed by atoms with Gasteiger partial charge in [0.1, 0.15) is 0 Å². The maximum Gasteiger partial charge on any atom is 0.0346 e. The van der Waals surface area contributed by atoms with Gasteiger partial charge in [0.2, 0.25) is 0 Å². The summed E-state index contributed by atoms with van der Waals surface area (Å²) < 4.78 is 0. The number of benzene rings is 5. The summed E-state index contributed by atoms with van der Waals surface area (Å²) in [4.78, 5) is 8.78. The van der Waals surface area contributed by atoms with Gasteiger partial charge in [-0.05, 0) is 103 Å². The Labute approximate surface area is 234 Å². The predicted molar refractivity (Wildman–Crippen MR) is 168 cm³/mol. The lowest BCUT2D eigenvalue weighted by Crippen LogP contribution is -2.04. The largest absolute Gasteiger partial charge is 0.264 e. The third-order valence-electron chi connectivity index (χ3n) is 8.98. The van der Waals surface area contributed by atoms with Crippen LogP contribution >= 0.6 is 0 Å². The normalized spacial score (nSPS) is 14.4. The number of hydrogen-bond acceptors (Lipinski definition) is 2. The maximum atomic E-state index is 4.48. The van der Waals surface area contributed by atoms with E-state index >= 15 is 0 Å². The van der Waals surface area contributed by atoms with Crippen molar-refractivity contribution in [3.8, 4) is 33.4 Å². The van der Waals surface area contributed by atoms with Crippen molar-refractivity contribution in [3.05, 3.63) is 121 Å². The van der Waals surface area contributed by atoms with Gasteiger partial charge in [0, 0.05) is 30.4 Å². The molecule has 1 saturated carbocycles. The summed E-state index contributed by atoms with van der Waals surface area (Å²) in [5.41, 5.74) is 8.69. The second-order valence-corrected chi connectivity index (χ2v) is 11.3. The molecule has 0 N–H and O–H groups in total. The smallest absolute Gasteiger partial charge is 0.0346 e. The van der Waals surface area contributed by atoms with E-state index in [0.717, 1.165) is 11.1 Å². The SMILES string of the molecule is c1cncc(-c2ccc(-c3cc(-c4cccnc4)c4ccc5cc(C6CCCCC6)cc6ccc3c4c65)cc2)c1. The van der Waals surface area contributed by atoms with Crippen LogP contribution in [0.2, 0.25) is 0 Å². The van der Waals surface area contributed by atoms with Crippen LogP contribution in [0.3, 0.4) is 0 Å². The third kappa shape index (κ3) is 3.86. The first-order chi connectivity index (χ1) is 19.8. The van der Waals surface area contributed by atoms with E-state index in [-0.39, 0.29) is 0 Å². The van der Waals surface area contributed by atoms with Gasteiger partial charge in [-0.1, -0.05) is 92.1 Å². The maximum absolute atomic E-state index is 4.48. The van der Waals surface area contributed by atoms with Crippen molar-refractivity contribution >= 4 is 32.3 Å². The van der Waals surface area contributed by atoms with Crippen molar-refractivity contribution in [1.82, 2.24) is 9.97 Å². The molecule has 0 spiro atoms. The van der Waals surface area contributed by atoms with Crippen LogP contribution in [0.15, 0.2) is 116 Å². The molecule has 2 heterocycles. The van der Waals surface area contributed by atoms with Crippen LogP contribution in [-0.2, 0) is 0 Å². The number of pyridine rings is 2. The van der Waals surface area contributed by atoms with Gasteiger partial charge in [-0.3, -0.25) is 9.97 Å². The van der Waals surface area contributed by atoms with Gasteiger partial charge in [0.15, 0.2) is 0 Å². The molecule has 7 aromatic rings. The molecule has 1 aliphatic rings. The fourth-order valence-electron chi connectivity index (χ4n) is 6.99. The molecule has 0 saturated heterocycles. The lowest BCUT2D eigenvalue weighted by Gasteiger charge is -2.24. The Kier molecular flexibility index (Phi) is 5.58. The van der Waals surface area contributed by atoms with Crippen LogP contribution in [0.4, 0.5) is 0 Å². The molecule has 0 unspecified atom stereocenters. The van der Waals surface area contributed by atoms with E-state index in [1.54, 1.807) is 0 Å². The van der Waals surface area contributed by atoms with E-state index in [0.29, 0.717) is 5.92 Å². The minimum Gasteiger partial charge on any atom is -0.264 e. The Morgan fingerprint density at radius 3 is 1.73 bits per heavy atom. The summed E-state index contributed by atoms with van der Waals surface area (Å²) >= 11 is 0. The molecule has 192 valence electrons. The number of nitrogens with zero attached hydrogens (tertiary/aromatic N) is 2. The highest BCUT2D eigenvalue weighted by Crippen LogP contribution is 2.45. The second kappa shape index (κ2) is 9.57. The summed E-state index contributed by atoms with van der Waals surface area (Å²) in [5.74, 6) is 0.690. The van der Waals surface area contributed by atoms with Crippen LogP contribution in [0.25, 0.3) is 65.7 Å². The van der Waals surface area contributed by atoms with Crippen LogP contribution in [0.5, 0.6) is 0 Å². The molecule has 1 aliphatic carbocycles. The van der Waals surface area contributed by atoms with E-state index in [2.05, 4.69) is 88.8 Å². The highest BCUT2D eigenvalue weighted by molar-refractivity contribution is 6.28. The van der Waals surface area contributed by atoms with E-state index in [1.165, 1.54) is 92.2 Å². The zero-order valence-corrected chi connectivity index (χ0v) is 22.5. The first kappa shape index (κ1) is 23.3. The highest BCUT2D eigenvalue weighted by atomic mass is 14.6. The molecule has 2 aromatic heterocycles. The zero-order chi connectivity index (χ0) is 26.5. The van der Waals surface area contributed by atoms with Gasteiger partial charge < -0.3 is 0 Å². The molecule has 2 heteroatoms. The van der Waals surface area contributed by atoms with Gasteiger partial charge in [-0.25, -0.2) is 0 Å². The van der Waals surface area contributed by atoms with Crippen LogP contribution in [-0.4, -0.2) is 9.97 Å². The molecule has 0 atom stereocenters. The summed E-state index contributed by atoms with van der Waals surface area (Å²) in [6.45, 7) is 0. The van der Waals surface area contributed by atoms with Crippen LogP contribution < -0.4 is 0 Å². The Morgan fingerprint density at radius 2 is 1.10 bits per heavy atom. The van der Waals surface area contributed by atoms with Crippen molar-refractivity contribution < 1.29 is 0 Å². The van der Waals surface area contributed by atoms with Crippen LogP contribution in [0, 0.1) is 0 Å². The van der Waals surface area contributed by atoms with Crippen molar-refractivity contribution in [2.24, 2.45) is 0 Å². The fourth-order valence-corrected chi connectivity index (χ4v) is 6.99. The van der Waals surface area contributed by atoms with E-state index < -0.39 is 0 Å². The van der Waals surface area contributed by atoms with E-state index in [9.17, 15) is 0 Å². The van der Waals surface area contributed by atoms with E-state index in [1.807, 2.05) is 36.9 Å². The molecular formula is C38H30N2. The average Bonchev–Trinajstić information content (AvgIpc) is 3.04.